The fourth-order valence-electron chi connectivity index (χ4n) is 6.39. The van der Waals surface area contributed by atoms with Crippen LogP contribution in [0.2, 0.25) is 0 Å². The summed E-state index contributed by atoms with van der Waals surface area (Å²) in [6.45, 7) is 7.87. The highest BCUT2D eigenvalue weighted by Crippen LogP contribution is 2.24. The number of nitrogens with one attached hydrogen (secondary N) is 2. The molecule has 8 aromatic rings. The zero-order chi connectivity index (χ0) is 42.6. The molecule has 0 radical (unpaired) electrons. The van der Waals surface area contributed by atoms with Crippen molar-refractivity contribution in [1.29, 1.82) is 10.5 Å². The van der Waals surface area contributed by atoms with Crippen molar-refractivity contribution in [3.05, 3.63) is 156 Å². The molecule has 6 aromatic heterocycles. The molecule has 16 heteroatoms. The molecule has 0 bridgehead atoms. The number of hydrogen-bond donors (Lipinski definition) is 2. The lowest BCUT2D eigenvalue weighted by molar-refractivity contribution is 0.0337. The average Bonchev–Trinajstić information content (AvgIpc) is 3.95. The molecule has 0 spiro atoms. The van der Waals surface area contributed by atoms with Crippen molar-refractivity contribution in [3.8, 4) is 34.7 Å². The lowest BCUT2D eigenvalue weighted by Gasteiger charge is -2.26. The zero-order valence-electron chi connectivity index (χ0n) is 33.3. The summed E-state index contributed by atoms with van der Waals surface area (Å²) < 4.78 is 8.35. The lowest BCUT2D eigenvalue weighted by atomic mass is 10.1. The van der Waals surface area contributed by atoms with Crippen LogP contribution in [0.3, 0.4) is 0 Å². The minimum atomic E-state index is -0.364. The maximum absolute atomic E-state index is 13.0. The van der Waals surface area contributed by atoms with Crippen LogP contribution in [0.1, 0.15) is 51.6 Å². The molecule has 9 rings (SSSR count). The average molecular weight is 810 g/mol. The summed E-state index contributed by atoms with van der Waals surface area (Å²) in [6, 6.07) is 34.8. The van der Waals surface area contributed by atoms with Crippen LogP contribution in [0.25, 0.3) is 33.8 Å². The first-order valence-electron chi connectivity index (χ1n) is 19.4. The number of hydrogen-bond acceptors (Lipinski definition) is 12. The first-order chi connectivity index (χ1) is 30.0. The monoisotopic (exact) mass is 809 g/mol. The topological polar surface area (TPSA) is 204 Å². The van der Waals surface area contributed by atoms with Gasteiger partial charge >= 0.3 is 0 Å². The number of ether oxygens (including phenoxy) is 1. The Kier molecular flexibility index (Phi) is 13.1. The van der Waals surface area contributed by atoms with Gasteiger partial charge in [-0.3, -0.25) is 19.5 Å². The summed E-state index contributed by atoms with van der Waals surface area (Å²) in [5.74, 6) is -0.231. The molecule has 7 heterocycles. The van der Waals surface area contributed by atoms with Crippen LogP contribution < -0.4 is 10.6 Å². The van der Waals surface area contributed by atoms with E-state index in [1.165, 1.54) is 21.4 Å². The number of carbonyl (C=O) groups excluding carboxylic acids is 2. The van der Waals surface area contributed by atoms with E-state index in [0.29, 0.717) is 68.7 Å². The summed E-state index contributed by atoms with van der Waals surface area (Å²) in [4.78, 5) is 44.9. The van der Waals surface area contributed by atoms with E-state index in [2.05, 4.69) is 57.8 Å². The number of morpholine rings is 1. The van der Waals surface area contributed by atoms with Gasteiger partial charge in [0.15, 0.2) is 22.7 Å². The quantitative estimate of drug-likeness (QED) is 0.165. The van der Waals surface area contributed by atoms with Gasteiger partial charge in [0.2, 0.25) is 0 Å². The molecular weight excluding hydrogens is 771 g/mol. The van der Waals surface area contributed by atoms with E-state index >= 15 is 0 Å². The predicted octanol–water partition coefficient (Wildman–Crippen LogP) is 6.69. The van der Waals surface area contributed by atoms with Crippen LogP contribution in [0.5, 0.6) is 0 Å². The number of aromatic nitrogens is 8. The number of carbonyl (C=O) groups is 2. The summed E-state index contributed by atoms with van der Waals surface area (Å²) >= 11 is 0. The third-order valence-corrected chi connectivity index (χ3v) is 9.31. The maximum Gasteiger partial charge on any atom is 0.277 e. The molecule has 1 aliphatic rings. The molecule has 0 unspecified atom stereocenters. The molecule has 2 N–H and O–H groups in total. The minimum absolute atomic E-state index is 0.279. The van der Waals surface area contributed by atoms with E-state index in [0.717, 1.165) is 32.0 Å². The molecule has 1 fully saturated rings. The van der Waals surface area contributed by atoms with Crippen LogP contribution in [-0.4, -0.2) is 82.2 Å². The standard InChI is InChI=1S/C24H21N7O2.C19H12N6O.C2H6/c25-14-17-4-1-2-6-19(17)20-8-9-23-26-15-21(31(23)29-20)24(32)28-22-7-3-5-18(27-22)16-30-10-12-33-13-11-30;20-11-13-3-1-2-4-15(13)16-5-6-18-22-12-17(25(18)24-16)19(26)23-14-7-9-21-10-8-14;1-2/h1-9,15H,10-13,16H2,(H,27,28,32);1-10,12H,(H,21,23,26);1-2H3. The number of rotatable bonds is 8. The van der Waals surface area contributed by atoms with Gasteiger partial charge in [0.1, 0.15) is 5.82 Å². The molecule has 1 aliphatic heterocycles. The molecule has 0 saturated carbocycles. The van der Waals surface area contributed by atoms with Crippen LogP contribution in [0.4, 0.5) is 11.5 Å². The first kappa shape index (κ1) is 41.0. The van der Waals surface area contributed by atoms with Gasteiger partial charge in [-0.05, 0) is 60.7 Å². The van der Waals surface area contributed by atoms with Gasteiger partial charge in [0.05, 0.1) is 66.0 Å². The molecule has 2 aromatic carbocycles. The molecule has 16 nitrogen and oxygen atoms in total. The fraction of sp³-hybridized carbons (Fsp3) is 0.156. The Balaban J connectivity index is 0.000000181. The Labute approximate surface area is 350 Å². The summed E-state index contributed by atoms with van der Waals surface area (Å²) in [5.41, 5.74) is 6.75. The van der Waals surface area contributed by atoms with E-state index < -0.39 is 0 Å². The smallest absolute Gasteiger partial charge is 0.277 e. The van der Waals surface area contributed by atoms with Crippen molar-refractivity contribution < 1.29 is 14.3 Å². The molecule has 0 atom stereocenters. The van der Waals surface area contributed by atoms with E-state index in [1.807, 2.05) is 50.2 Å². The fourth-order valence-corrected chi connectivity index (χ4v) is 6.39. The van der Waals surface area contributed by atoms with Gasteiger partial charge in [-0.15, -0.1) is 0 Å². The summed E-state index contributed by atoms with van der Waals surface area (Å²) in [7, 11) is 0. The number of amides is 2. The van der Waals surface area contributed by atoms with Gasteiger partial charge in [-0.2, -0.15) is 20.7 Å². The number of benzene rings is 2. The van der Waals surface area contributed by atoms with Gasteiger partial charge in [-0.1, -0.05) is 56.3 Å². The molecule has 61 heavy (non-hydrogen) atoms. The van der Waals surface area contributed by atoms with Crippen molar-refractivity contribution in [2.24, 2.45) is 0 Å². The molecule has 1 saturated heterocycles. The summed E-state index contributed by atoms with van der Waals surface area (Å²) in [6.07, 6.45) is 6.15. The third kappa shape index (κ3) is 9.59. The van der Waals surface area contributed by atoms with Crippen LogP contribution in [0.15, 0.2) is 128 Å². The Hall–Kier alpha value is -8.18. The van der Waals surface area contributed by atoms with Gasteiger partial charge in [0, 0.05) is 48.8 Å². The Morgan fingerprint density at radius 3 is 1.77 bits per heavy atom. The predicted molar refractivity (Wildman–Crippen MR) is 228 cm³/mol. The zero-order valence-corrected chi connectivity index (χ0v) is 33.3. The number of imidazole rings is 2. The number of pyridine rings is 2. The lowest BCUT2D eigenvalue weighted by Crippen LogP contribution is -2.35. The normalized spacial score (nSPS) is 12.2. The van der Waals surface area contributed by atoms with Crippen molar-refractivity contribution >= 4 is 34.6 Å². The number of nitriles is 2. The van der Waals surface area contributed by atoms with Crippen molar-refractivity contribution in [2.45, 2.75) is 20.4 Å². The van der Waals surface area contributed by atoms with Gasteiger partial charge < -0.3 is 15.4 Å². The van der Waals surface area contributed by atoms with Gasteiger partial charge in [-0.25, -0.2) is 24.0 Å². The Morgan fingerprint density at radius 2 is 1.21 bits per heavy atom. The van der Waals surface area contributed by atoms with Crippen molar-refractivity contribution in [3.63, 3.8) is 0 Å². The molecule has 302 valence electrons. The second-order valence-corrected chi connectivity index (χ2v) is 13.1. The second kappa shape index (κ2) is 19.5. The van der Waals surface area contributed by atoms with Crippen molar-refractivity contribution in [1.82, 2.24) is 44.1 Å². The summed E-state index contributed by atoms with van der Waals surface area (Å²) in [5, 5.41) is 33.4. The largest absolute Gasteiger partial charge is 0.379 e. The Bertz CT molecular complexity index is 2890. The van der Waals surface area contributed by atoms with E-state index in [9.17, 15) is 20.1 Å². The van der Waals surface area contributed by atoms with Crippen LogP contribution >= 0.6 is 0 Å². The highest BCUT2D eigenvalue weighted by molar-refractivity contribution is 6.03. The molecule has 0 aliphatic carbocycles. The molecular formula is C45H39N13O3. The second-order valence-electron chi connectivity index (χ2n) is 13.1. The van der Waals surface area contributed by atoms with E-state index in [4.69, 9.17) is 4.74 Å². The Morgan fingerprint density at radius 1 is 0.672 bits per heavy atom. The van der Waals surface area contributed by atoms with Crippen LogP contribution in [-0.2, 0) is 11.3 Å². The number of fused-ring (bicyclic) bond motifs is 2. The van der Waals surface area contributed by atoms with E-state index in [-0.39, 0.29) is 17.5 Å². The maximum atomic E-state index is 13.0. The first-order valence-corrected chi connectivity index (χ1v) is 19.4. The number of anilines is 2. The SMILES string of the molecule is CC.N#Cc1ccccc1-c1ccc2ncc(C(=O)Nc3cccc(CN4CCOCC4)n3)n2n1.N#Cc1ccccc1-c1ccc2ncc(C(=O)Nc3ccncc3)n2n1. The highest BCUT2D eigenvalue weighted by Gasteiger charge is 2.18. The van der Waals surface area contributed by atoms with Crippen LogP contribution in [0, 0.1) is 22.7 Å². The number of nitrogens with zero attached hydrogens (tertiary/aromatic N) is 11. The molecule has 2 amide bonds. The highest BCUT2D eigenvalue weighted by atomic mass is 16.5. The van der Waals surface area contributed by atoms with E-state index in [1.54, 1.807) is 79.1 Å². The third-order valence-electron chi connectivity index (χ3n) is 9.31. The minimum Gasteiger partial charge on any atom is -0.379 e. The van der Waals surface area contributed by atoms with Gasteiger partial charge in [0.25, 0.3) is 11.8 Å². The van der Waals surface area contributed by atoms with Crippen molar-refractivity contribution in [2.75, 3.05) is 36.9 Å².